The van der Waals surface area contributed by atoms with Crippen molar-refractivity contribution in [2.45, 2.75) is 19.8 Å². The predicted octanol–water partition coefficient (Wildman–Crippen LogP) is 2.67. The van der Waals surface area contributed by atoms with Gasteiger partial charge in [0.1, 0.15) is 5.58 Å². The number of hydrogen-bond donors (Lipinski definition) is 1. The minimum atomic E-state index is 0.232. The Bertz CT molecular complexity index is 429. The molecule has 0 aliphatic carbocycles. The van der Waals surface area contributed by atoms with Crippen LogP contribution in [-0.4, -0.2) is 11.7 Å². The lowest BCUT2D eigenvalue weighted by Crippen LogP contribution is -1.89. The molecule has 0 radical (unpaired) electrons. The third-order valence-electron chi connectivity index (χ3n) is 2.48. The van der Waals surface area contributed by atoms with Crippen molar-refractivity contribution in [1.29, 1.82) is 0 Å². The molecule has 1 aromatic carbocycles. The molecule has 0 saturated heterocycles. The average molecular weight is 190 g/mol. The van der Waals surface area contributed by atoms with E-state index in [2.05, 4.69) is 12.1 Å². The minimum Gasteiger partial charge on any atom is -0.464 e. The highest BCUT2D eigenvalue weighted by atomic mass is 16.3. The van der Waals surface area contributed by atoms with Crippen molar-refractivity contribution >= 4 is 11.0 Å². The predicted molar refractivity (Wildman–Crippen MR) is 56.4 cm³/mol. The van der Waals surface area contributed by atoms with Gasteiger partial charge in [-0.1, -0.05) is 18.2 Å². The molecule has 0 saturated carbocycles. The van der Waals surface area contributed by atoms with Gasteiger partial charge in [0, 0.05) is 12.0 Å². The molecule has 0 aliphatic rings. The Kier molecular flexibility index (Phi) is 2.55. The molecule has 2 heteroatoms. The van der Waals surface area contributed by atoms with E-state index in [1.54, 1.807) is 6.26 Å². The molecule has 0 atom stereocenters. The zero-order valence-corrected chi connectivity index (χ0v) is 8.29. The number of benzene rings is 1. The second-order valence-electron chi connectivity index (χ2n) is 3.54. The van der Waals surface area contributed by atoms with Gasteiger partial charge in [0.25, 0.3) is 0 Å². The lowest BCUT2D eigenvalue weighted by molar-refractivity contribution is 0.288. The number of furan rings is 1. The van der Waals surface area contributed by atoms with Gasteiger partial charge in [-0.25, -0.2) is 0 Å². The maximum Gasteiger partial charge on any atom is 0.137 e. The molecule has 0 bridgehead atoms. The molecule has 0 aliphatic heterocycles. The molecule has 2 rings (SSSR count). The molecule has 2 nitrogen and oxygen atoms in total. The minimum absolute atomic E-state index is 0.232. The van der Waals surface area contributed by atoms with Gasteiger partial charge in [-0.2, -0.15) is 0 Å². The topological polar surface area (TPSA) is 33.4 Å². The molecule has 1 aromatic heterocycles. The fraction of sp³-hybridized carbons (Fsp3) is 0.333. The number of rotatable bonds is 3. The van der Waals surface area contributed by atoms with E-state index in [4.69, 9.17) is 9.52 Å². The van der Waals surface area contributed by atoms with E-state index in [9.17, 15) is 0 Å². The van der Waals surface area contributed by atoms with Crippen molar-refractivity contribution in [3.63, 3.8) is 0 Å². The van der Waals surface area contributed by atoms with Crippen LogP contribution in [-0.2, 0) is 6.42 Å². The normalized spacial score (nSPS) is 11.0. The van der Waals surface area contributed by atoms with Crippen LogP contribution in [0.4, 0.5) is 0 Å². The largest absolute Gasteiger partial charge is 0.464 e. The van der Waals surface area contributed by atoms with Crippen molar-refractivity contribution in [2.75, 3.05) is 6.61 Å². The quantitative estimate of drug-likeness (QED) is 0.807. The molecule has 74 valence electrons. The summed E-state index contributed by atoms with van der Waals surface area (Å²) in [6.07, 6.45) is 3.45. The summed E-state index contributed by atoms with van der Waals surface area (Å²) >= 11 is 0. The molecule has 0 fully saturated rings. The van der Waals surface area contributed by atoms with Gasteiger partial charge in [-0.3, -0.25) is 0 Å². The van der Waals surface area contributed by atoms with Gasteiger partial charge >= 0.3 is 0 Å². The van der Waals surface area contributed by atoms with Crippen LogP contribution < -0.4 is 0 Å². The molecule has 2 aromatic rings. The van der Waals surface area contributed by atoms with E-state index in [1.807, 2.05) is 13.0 Å². The third-order valence-corrected chi connectivity index (χ3v) is 2.48. The standard InChI is InChI=1S/C12H14O2/c1-9-8-14-12-10(5-3-7-13)4-2-6-11(9)12/h2,4,6,8,13H,3,5,7H2,1H3. The first kappa shape index (κ1) is 9.28. The highest BCUT2D eigenvalue weighted by molar-refractivity contribution is 5.83. The summed E-state index contributed by atoms with van der Waals surface area (Å²) in [6.45, 7) is 2.28. The number of aliphatic hydroxyl groups is 1. The summed E-state index contributed by atoms with van der Waals surface area (Å²) in [5, 5.41) is 9.96. The molecular weight excluding hydrogens is 176 g/mol. The van der Waals surface area contributed by atoms with Crippen LogP contribution in [0.3, 0.4) is 0 Å². The summed E-state index contributed by atoms with van der Waals surface area (Å²) in [7, 11) is 0. The number of aliphatic hydroxyl groups excluding tert-OH is 1. The number of fused-ring (bicyclic) bond motifs is 1. The Balaban J connectivity index is 2.44. The number of para-hydroxylation sites is 1. The van der Waals surface area contributed by atoms with Crippen LogP contribution >= 0.6 is 0 Å². The lowest BCUT2D eigenvalue weighted by Gasteiger charge is -2.00. The molecule has 0 spiro atoms. The third kappa shape index (κ3) is 1.53. The van der Waals surface area contributed by atoms with E-state index in [0.29, 0.717) is 0 Å². The van der Waals surface area contributed by atoms with Crippen molar-refractivity contribution in [2.24, 2.45) is 0 Å². The zero-order chi connectivity index (χ0) is 9.97. The van der Waals surface area contributed by atoms with E-state index >= 15 is 0 Å². The van der Waals surface area contributed by atoms with E-state index in [1.165, 1.54) is 16.5 Å². The molecular formula is C12H14O2. The SMILES string of the molecule is Cc1coc2c(CCCO)cccc12. The molecule has 1 heterocycles. The maximum absolute atomic E-state index is 8.77. The average Bonchev–Trinajstić information content (AvgIpc) is 2.58. The van der Waals surface area contributed by atoms with Gasteiger partial charge < -0.3 is 9.52 Å². The first-order valence-corrected chi connectivity index (χ1v) is 4.89. The van der Waals surface area contributed by atoms with Gasteiger partial charge in [0.2, 0.25) is 0 Å². The number of aryl methyl sites for hydroxylation is 2. The molecule has 0 amide bonds. The maximum atomic E-state index is 8.77. The van der Waals surface area contributed by atoms with E-state index in [-0.39, 0.29) is 6.61 Å². The monoisotopic (exact) mass is 190 g/mol. The van der Waals surface area contributed by atoms with E-state index in [0.717, 1.165) is 18.4 Å². The van der Waals surface area contributed by atoms with Gasteiger partial charge in [0.05, 0.1) is 6.26 Å². The molecule has 0 unspecified atom stereocenters. The fourth-order valence-electron chi connectivity index (χ4n) is 1.71. The Morgan fingerprint density at radius 2 is 2.21 bits per heavy atom. The van der Waals surface area contributed by atoms with Gasteiger partial charge in [-0.05, 0) is 30.9 Å². The Morgan fingerprint density at radius 1 is 1.36 bits per heavy atom. The second kappa shape index (κ2) is 3.84. The summed E-state index contributed by atoms with van der Waals surface area (Å²) in [5.41, 5.74) is 3.33. The second-order valence-corrected chi connectivity index (χ2v) is 3.54. The van der Waals surface area contributed by atoms with Gasteiger partial charge in [0.15, 0.2) is 0 Å². The summed E-state index contributed by atoms with van der Waals surface area (Å²) in [5.74, 6) is 0. The summed E-state index contributed by atoms with van der Waals surface area (Å²) in [4.78, 5) is 0. The van der Waals surface area contributed by atoms with Gasteiger partial charge in [-0.15, -0.1) is 0 Å². The van der Waals surface area contributed by atoms with Crippen LogP contribution in [0, 0.1) is 6.92 Å². The van der Waals surface area contributed by atoms with Crippen molar-refractivity contribution < 1.29 is 9.52 Å². The Morgan fingerprint density at radius 3 is 3.00 bits per heavy atom. The Hall–Kier alpha value is -1.28. The molecule has 1 N–H and O–H groups in total. The van der Waals surface area contributed by atoms with Crippen LogP contribution in [0.15, 0.2) is 28.9 Å². The van der Waals surface area contributed by atoms with Crippen molar-refractivity contribution in [3.8, 4) is 0 Å². The zero-order valence-electron chi connectivity index (χ0n) is 8.29. The number of hydrogen-bond acceptors (Lipinski definition) is 2. The first-order valence-electron chi connectivity index (χ1n) is 4.89. The fourth-order valence-corrected chi connectivity index (χ4v) is 1.71. The van der Waals surface area contributed by atoms with Crippen molar-refractivity contribution in [3.05, 3.63) is 35.6 Å². The Labute approximate surface area is 83.2 Å². The highest BCUT2D eigenvalue weighted by Crippen LogP contribution is 2.24. The van der Waals surface area contributed by atoms with Crippen LogP contribution in [0.5, 0.6) is 0 Å². The lowest BCUT2D eigenvalue weighted by atomic mass is 10.1. The summed E-state index contributed by atoms with van der Waals surface area (Å²) in [6, 6.07) is 6.16. The van der Waals surface area contributed by atoms with E-state index < -0.39 is 0 Å². The van der Waals surface area contributed by atoms with Crippen LogP contribution in [0.25, 0.3) is 11.0 Å². The van der Waals surface area contributed by atoms with Crippen LogP contribution in [0.2, 0.25) is 0 Å². The summed E-state index contributed by atoms with van der Waals surface area (Å²) < 4.78 is 5.50. The smallest absolute Gasteiger partial charge is 0.137 e. The van der Waals surface area contributed by atoms with Crippen LogP contribution in [0.1, 0.15) is 17.5 Å². The first-order chi connectivity index (χ1) is 6.83. The molecule has 14 heavy (non-hydrogen) atoms. The van der Waals surface area contributed by atoms with Crippen molar-refractivity contribution in [1.82, 2.24) is 0 Å². The highest BCUT2D eigenvalue weighted by Gasteiger charge is 2.05.